The summed E-state index contributed by atoms with van der Waals surface area (Å²) in [5.74, 6) is 0.0684. The third-order valence-corrected chi connectivity index (χ3v) is 2.32. The van der Waals surface area contributed by atoms with Crippen molar-refractivity contribution >= 4 is 0 Å². The molecule has 1 aromatic rings. The number of ether oxygens (including phenoxy) is 1. The molecule has 110 valence electrons. The number of hydrogen-bond acceptors (Lipinski definition) is 5. The molecule has 8 heteroatoms. The van der Waals surface area contributed by atoms with Gasteiger partial charge in [-0.1, -0.05) is 5.16 Å². The van der Waals surface area contributed by atoms with Crippen LogP contribution in [-0.2, 0) is 16.7 Å². The quantitative estimate of drug-likeness (QED) is 0.865. The van der Waals surface area contributed by atoms with E-state index >= 15 is 0 Å². The molecule has 0 radical (unpaired) electrons. The van der Waals surface area contributed by atoms with E-state index in [9.17, 15) is 13.2 Å². The van der Waals surface area contributed by atoms with E-state index in [0.717, 1.165) is 0 Å². The van der Waals surface area contributed by atoms with Crippen molar-refractivity contribution in [2.45, 2.75) is 51.4 Å². The van der Waals surface area contributed by atoms with E-state index in [-0.39, 0.29) is 30.8 Å². The monoisotopic (exact) mass is 281 g/mol. The van der Waals surface area contributed by atoms with Crippen molar-refractivity contribution in [2.75, 3.05) is 6.61 Å². The van der Waals surface area contributed by atoms with Crippen molar-refractivity contribution in [3.63, 3.8) is 0 Å². The number of halogens is 3. The van der Waals surface area contributed by atoms with Crippen LogP contribution in [0.4, 0.5) is 13.2 Å². The van der Waals surface area contributed by atoms with E-state index in [1.54, 1.807) is 6.92 Å². The molecule has 0 spiro atoms. The maximum atomic E-state index is 12.1. The lowest BCUT2D eigenvalue weighted by atomic mass is 10.1. The summed E-state index contributed by atoms with van der Waals surface area (Å²) in [5, 5.41) is 3.61. The van der Waals surface area contributed by atoms with Crippen molar-refractivity contribution in [3.05, 3.63) is 11.7 Å². The zero-order valence-electron chi connectivity index (χ0n) is 11.1. The van der Waals surface area contributed by atoms with Gasteiger partial charge < -0.3 is 15.0 Å². The van der Waals surface area contributed by atoms with Gasteiger partial charge >= 0.3 is 6.18 Å². The van der Waals surface area contributed by atoms with Gasteiger partial charge in [-0.2, -0.15) is 18.2 Å². The van der Waals surface area contributed by atoms with E-state index in [2.05, 4.69) is 10.1 Å². The molecule has 0 aliphatic heterocycles. The number of nitrogens with zero attached hydrogens (tertiary/aromatic N) is 2. The van der Waals surface area contributed by atoms with Crippen LogP contribution in [-0.4, -0.2) is 29.0 Å². The second-order valence-electron chi connectivity index (χ2n) is 4.90. The number of aromatic nitrogens is 2. The molecule has 0 aromatic carbocycles. The minimum Gasteiger partial charge on any atom is -0.376 e. The van der Waals surface area contributed by atoms with Gasteiger partial charge in [0.05, 0.1) is 19.1 Å². The van der Waals surface area contributed by atoms with E-state index in [1.807, 2.05) is 13.8 Å². The van der Waals surface area contributed by atoms with Crippen LogP contribution >= 0.6 is 0 Å². The minimum atomic E-state index is -4.25. The number of aryl methyl sites for hydroxylation is 1. The molecular weight excluding hydrogens is 263 g/mol. The summed E-state index contributed by atoms with van der Waals surface area (Å²) in [6.07, 6.45) is -5.61. The molecular formula is C11H18F3N3O2. The molecule has 19 heavy (non-hydrogen) atoms. The van der Waals surface area contributed by atoms with Crippen LogP contribution < -0.4 is 5.73 Å². The highest BCUT2D eigenvalue weighted by Crippen LogP contribution is 2.22. The molecule has 0 saturated heterocycles. The second kappa shape index (κ2) is 5.87. The van der Waals surface area contributed by atoms with Crippen LogP contribution in [0.2, 0.25) is 0 Å². The van der Waals surface area contributed by atoms with Crippen LogP contribution in [0.25, 0.3) is 0 Å². The summed E-state index contributed by atoms with van der Waals surface area (Å²) in [5.41, 5.74) is 4.95. The Balaban J connectivity index is 2.62. The average Bonchev–Trinajstić information content (AvgIpc) is 2.72. The van der Waals surface area contributed by atoms with Crippen LogP contribution in [0.5, 0.6) is 0 Å². The number of alkyl halides is 3. The van der Waals surface area contributed by atoms with Gasteiger partial charge in [-0.05, 0) is 20.8 Å². The van der Waals surface area contributed by atoms with Crippen molar-refractivity contribution < 1.29 is 22.4 Å². The maximum Gasteiger partial charge on any atom is 0.389 e. The van der Waals surface area contributed by atoms with Gasteiger partial charge in [0.15, 0.2) is 5.82 Å². The molecule has 0 fully saturated rings. The minimum absolute atomic E-state index is 0.0144. The Morgan fingerprint density at radius 2 is 2.00 bits per heavy atom. The van der Waals surface area contributed by atoms with Gasteiger partial charge in [-0.25, -0.2) is 0 Å². The number of nitrogens with two attached hydrogens (primary N) is 1. The Morgan fingerprint density at radius 1 is 1.37 bits per heavy atom. The maximum absolute atomic E-state index is 12.1. The van der Waals surface area contributed by atoms with Gasteiger partial charge in [-0.15, -0.1) is 0 Å². The largest absolute Gasteiger partial charge is 0.389 e. The molecule has 2 N–H and O–H groups in total. The SMILES string of the molecule is CC(C)OCC(C)(N)c1noc(CCC(F)(F)F)n1. The fourth-order valence-electron chi connectivity index (χ4n) is 1.24. The Labute approximate surface area is 109 Å². The summed E-state index contributed by atoms with van der Waals surface area (Å²) in [7, 11) is 0. The lowest BCUT2D eigenvalue weighted by Gasteiger charge is -2.21. The standard InChI is InChI=1S/C11H18F3N3O2/c1-7(2)18-6-10(3,15)9-16-8(19-17-9)4-5-11(12,13)14/h7H,4-6,15H2,1-3H3. The zero-order valence-corrected chi connectivity index (χ0v) is 11.1. The number of rotatable bonds is 6. The van der Waals surface area contributed by atoms with E-state index in [0.29, 0.717) is 0 Å². The first-order valence-electron chi connectivity index (χ1n) is 5.90. The predicted octanol–water partition coefficient (Wildman–Crippen LogP) is 2.16. The topological polar surface area (TPSA) is 74.2 Å². The van der Waals surface area contributed by atoms with E-state index in [1.165, 1.54) is 0 Å². The third-order valence-electron chi connectivity index (χ3n) is 2.32. The molecule has 0 bridgehead atoms. The lowest BCUT2D eigenvalue weighted by molar-refractivity contribution is -0.134. The predicted molar refractivity (Wildman–Crippen MR) is 61.3 cm³/mol. The molecule has 0 amide bonds. The first-order chi connectivity index (χ1) is 8.60. The van der Waals surface area contributed by atoms with Gasteiger partial charge in [0.25, 0.3) is 0 Å². The van der Waals surface area contributed by atoms with Gasteiger partial charge in [0, 0.05) is 6.42 Å². The highest BCUT2D eigenvalue weighted by atomic mass is 19.4. The molecule has 1 atom stereocenters. The van der Waals surface area contributed by atoms with Crippen molar-refractivity contribution in [2.24, 2.45) is 5.73 Å². The first-order valence-corrected chi connectivity index (χ1v) is 5.90. The third kappa shape index (κ3) is 5.56. The average molecular weight is 281 g/mol. The van der Waals surface area contributed by atoms with Crippen molar-refractivity contribution in [1.29, 1.82) is 0 Å². The molecule has 0 saturated carbocycles. The summed E-state index contributed by atoms with van der Waals surface area (Å²) in [4.78, 5) is 3.88. The molecule has 1 aromatic heterocycles. The number of hydrogen-bond donors (Lipinski definition) is 1. The van der Waals surface area contributed by atoms with E-state index < -0.39 is 18.1 Å². The summed E-state index contributed by atoms with van der Waals surface area (Å²) < 4.78 is 46.3. The second-order valence-corrected chi connectivity index (χ2v) is 4.90. The molecule has 5 nitrogen and oxygen atoms in total. The summed E-state index contributed by atoms with van der Waals surface area (Å²) in [6, 6.07) is 0. The van der Waals surface area contributed by atoms with Crippen LogP contribution in [0, 0.1) is 0 Å². The molecule has 0 aliphatic rings. The van der Waals surface area contributed by atoms with Gasteiger partial charge in [-0.3, -0.25) is 0 Å². The Kier molecular flexibility index (Phi) is 4.92. The van der Waals surface area contributed by atoms with Gasteiger partial charge in [0.1, 0.15) is 5.54 Å². The Bertz CT molecular complexity index is 402. The van der Waals surface area contributed by atoms with Crippen molar-refractivity contribution in [3.8, 4) is 0 Å². The van der Waals surface area contributed by atoms with E-state index in [4.69, 9.17) is 15.0 Å². The highest BCUT2D eigenvalue weighted by Gasteiger charge is 2.31. The van der Waals surface area contributed by atoms with Crippen LogP contribution in [0.1, 0.15) is 38.9 Å². The summed E-state index contributed by atoms with van der Waals surface area (Å²) in [6.45, 7) is 5.48. The van der Waals surface area contributed by atoms with Gasteiger partial charge in [0.2, 0.25) is 5.89 Å². The molecule has 1 unspecified atom stereocenters. The van der Waals surface area contributed by atoms with Crippen molar-refractivity contribution in [1.82, 2.24) is 10.1 Å². The van der Waals surface area contributed by atoms with Crippen LogP contribution in [0.3, 0.4) is 0 Å². The summed E-state index contributed by atoms with van der Waals surface area (Å²) >= 11 is 0. The molecule has 1 rings (SSSR count). The Morgan fingerprint density at radius 3 is 2.53 bits per heavy atom. The highest BCUT2D eigenvalue weighted by molar-refractivity contribution is 5.02. The molecule has 1 heterocycles. The Hall–Kier alpha value is -1.15. The first kappa shape index (κ1) is 15.9. The normalized spacial score (nSPS) is 15.8. The molecule has 0 aliphatic carbocycles. The lowest BCUT2D eigenvalue weighted by Crippen LogP contribution is -2.40. The zero-order chi connectivity index (χ0) is 14.7. The van der Waals surface area contributed by atoms with Crippen LogP contribution in [0.15, 0.2) is 4.52 Å². The fraction of sp³-hybridized carbons (Fsp3) is 0.818. The fourth-order valence-corrected chi connectivity index (χ4v) is 1.24. The smallest absolute Gasteiger partial charge is 0.376 e.